The molecule has 0 atom stereocenters. The summed E-state index contributed by atoms with van der Waals surface area (Å²) in [6.07, 6.45) is 3.26. The Morgan fingerprint density at radius 2 is 2.05 bits per heavy atom. The van der Waals surface area contributed by atoms with Crippen molar-refractivity contribution in [3.8, 4) is 11.5 Å². The zero-order valence-corrected chi connectivity index (χ0v) is 11.9. The molecule has 0 aliphatic rings. The van der Waals surface area contributed by atoms with E-state index >= 15 is 0 Å². The van der Waals surface area contributed by atoms with Crippen molar-refractivity contribution in [2.75, 3.05) is 0 Å². The van der Waals surface area contributed by atoms with E-state index < -0.39 is 5.63 Å². The Hall–Kier alpha value is -1.72. The normalized spacial score (nSPS) is 10.2. The van der Waals surface area contributed by atoms with E-state index in [0.29, 0.717) is 16.5 Å². The first-order chi connectivity index (χ1) is 8.74. The lowest BCUT2D eigenvalue weighted by molar-refractivity contribution is 0.518. The number of hydrogen-bond acceptors (Lipinski definition) is 4. The third-order valence-electron chi connectivity index (χ3n) is 2.50. The zero-order valence-electron chi connectivity index (χ0n) is 9.54. The van der Waals surface area contributed by atoms with E-state index in [1.54, 1.807) is 36.7 Å². The second-order valence-corrected chi connectivity index (χ2v) is 4.63. The predicted molar refractivity (Wildman–Crippen MR) is 78.5 cm³/mol. The summed E-state index contributed by atoms with van der Waals surface area (Å²) in [5, 5.41) is 0.456. The van der Waals surface area contributed by atoms with E-state index in [1.165, 1.54) is 0 Å². The summed E-state index contributed by atoms with van der Waals surface area (Å²) < 4.78 is 6.02. The molecule has 0 bridgehead atoms. The molecular formula is C13H8BrClN2O2. The lowest BCUT2D eigenvalue weighted by Crippen LogP contribution is -2.02. The molecule has 96 valence electrons. The Bertz CT molecular complexity index is 774. The van der Waals surface area contributed by atoms with Crippen LogP contribution in [-0.2, 0) is 0 Å². The van der Waals surface area contributed by atoms with Gasteiger partial charge < -0.3 is 4.42 Å². The maximum atomic E-state index is 11.9. The van der Waals surface area contributed by atoms with Crippen molar-refractivity contribution in [2.24, 2.45) is 0 Å². The van der Waals surface area contributed by atoms with Crippen molar-refractivity contribution in [3.05, 3.63) is 57.6 Å². The first-order valence-corrected chi connectivity index (χ1v) is 6.04. The summed E-state index contributed by atoms with van der Waals surface area (Å²) >= 11 is 3.31. The van der Waals surface area contributed by atoms with Gasteiger partial charge in [0.25, 0.3) is 0 Å². The molecule has 0 saturated carbocycles. The summed E-state index contributed by atoms with van der Waals surface area (Å²) in [5.74, 6) is 0.280. The van der Waals surface area contributed by atoms with Gasteiger partial charge in [-0.05, 0) is 30.3 Å². The Labute approximate surface area is 123 Å². The molecule has 0 aliphatic carbocycles. The molecule has 4 nitrogen and oxygen atoms in total. The van der Waals surface area contributed by atoms with E-state index in [1.807, 2.05) is 6.07 Å². The van der Waals surface area contributed by atoms with Crippen LogP contribution in [0.25, 0.3) is 22.4 Å². The first kappa shape index (κ1) is 13.7. The molecule has 2 aromatic heterocycles. The molecule has 19 heavy (non-hydrogen) atoms. The standard InChI is InChI=1S/C13H7BrN2O2.ClH/c14-9-3-4-11-10(6-9)13(17)18-12(16-11)8-2-1-5-15-7-8;/h1-7H;1H. The monoisotopic (exact) mass is 338 g/mol. The summed E-state index contributed by atoms with van der Waals surface area (Å²) in [4.78, 5) is 20.2. The van der Waals surface area contributed by atoms with Crippen LogP contribution < -0.4 is 5.63 Å². The fourth-order valence-electron chi connectivity index (χ4n) is 1.66. The third kappa shape index (κ3) is 2.67. The smallest absolute Gasteiger partial charge is 0.347 e. The van der Waals surface area contributed by atoms with Gasteiger partial charge in [-0.3, -0.25) is 4.98 Å². The van der Waals surface area contributed by atoms with Gasteiger partial charge >= 0.3 is 5.63 Å². The molecular weight excluding hydrogens is 332 g/mol. The molecule has 0 unspecified atom stereocenters. The van der Waals surface area contributed by atoms with Gasteiger partial charge in [-0.1, -0.05) is 15.9 Å². The number of aromatic nitrogens is 2. The molecule has 1 aromatic carbocycles. The fourth-order valence-corrected chi connectivity index (χ4v) is 2.02. The molecule has 0 radical (unpaired) electrons. The highest BCUT2D eigenvalue weighted by Gasteiger charge is 2.08. The second kappa shape index (κ2) is 5.50. The molecule has 0 N–H and O–H groups in total. The Morgan fingerprint density at radius 1 is 1.21 bits per heavy atom. The second-order valence-electron chi connectivity index (χ2n) is 3.71. The van der Waals surface area contributed by atoms with Gasteiger partial charge in [0.1, 0.15) is 0 Å². The summed E-state index contributed by atoms with van der Waals surface area (Å²) in [7, 11) is 0. The molecule has 2 heterocycles. The van der Waals surface area contributed by atoms with Crippen molar-refractivity contribution >= 4 is 39.2 Å². The largest absolute Gasteiger partial charge is 0.403 e. The van der Waals surface area contributed by atoms with Crippen LogP contribution in [0.15, 0.2) is 56.4 Å². The Kier molecular flexibility index (Phi) is 3.97. The minimum Gasteiger partial charge on any atom is -0.403 e. The van der Waals surface area contributed by atoms with Crippen LogP contribution >= 0.6 is 28.3 Å². The maximum Gasteiger partial charge on any atom is 0.347 e. The lowest BCUT2D eigenvalue weighted by Gasteiger charge is -2.01. The SMILES string of the molecule is Cl.O=c1oc(-c2cccnc2)nc2ccc(Br)cc12. The maximum absolute atomic E-state index is 11.9. The summed E-state index contributed by atoms with van der Waals surface area (Å²) in [6, 6.07) is 8.87. The van der Waals surface area contributed by atoms with E-state index in [2.05, 4.69) is 25.9 Å². The molecule has 0 saturated heterocycles. The highest BCUT2D eigenvalue weighted by Crippen LogP contribution is 2.19. The van der Waals surface area contributed by atoms with E-state index in [-0.39, 0.29) is 18.3 Å². The van der Waals surface area contributed by atoms with Crippen molar-refractivity contribution in [2.45, 2.75) is 0 Å². The van der Waals surface area contributed by atoms with E-state index in [0.717, 1.165) is 4.47 Å². The highest BCUT2D eigenvalue weighted by atomic mass is 79.9. The van der Waals surface area contributed by atoms with Crippen molar-refractivity contribution in [1.29, 1.82) is 0 Å². The minimum atomic E-state index is -0.403. The van der Waals surface area contributed by atoms with Crippen LogP contribution in [-0.4, -0.2) is 9.97 Å². The van der Waals surface area contributed by atoms with Crippen LogP contribution in [0.4, 0.5) is 0 Å². The average molecular weight is 340 g/mol. The van der Waals surface area contributed by atoms with Gasteiger partial charge in [0, 0.05) is 16.9 Å². The number of rotatable bonds is 1. The number of hydrogen-bond donors (Lipinski definition) is 0. The van der Waals surface area contributed by atoms with Gasteiger partial charge in [-0.25, -0.2) is 9.78 Å². The van der Waals surface area contributed by atoms with Crippen LogP contribution in [0.1, 0.15) is 0 Å². The molecule has 0 amide bonds. The van der Waals surface area contributed by atoms with Crippen LogP contribution in [0.5, 0.6) is 0 Å². The number of pyridine rings is 1. The number of halogens is 2. The van der Waals surface area contributed by atoms with Gasteiger partial charge in [-0.15, -0.1) is 12.4 Å². The molecule has 0 spiro atoms. The molecule has 0 fully saturated rings. The number of nitrogens with zero attached hydrogens (tertiary/aromatic N) is 2. The van der Waals surface area contributed by atoms with Gasteiger partial charge in [-0.2, -0.15) is 0 Å². The van der Waals surface area contributed by atoms with Gasteiger partial charge in [0.05, 0.1) is 16.5 Å². The molecule has 6 heteroatoms. The van der Waals surface area contributed by atoms with Crippen LogP contribution in [0, 0.1) is 0 Å². The average Bonchev–Trinajstić information content (AvgIpc) is 2.40. The third-order valence-corrected chi connectivity index (χ3v) is 2.99. The van der Waals surface area contributed by atoms with Crippen LogP contribution in [0.2, 0.25) is 0 Å². The van der Waals surface area contributed by atoms with Crippen molar-refractivity contribution < 1.29 is 4.42 Å². The van der Waals surface area contributed by atoms with Gasteiger partial charge in [0.2, 0.25) is 5.89 Å². The highest BCUT2D eigenvalue weighted by molar-refractivity contribution is 9.10. The Balaban J connectivity index is 0.00000133. The van der Waals surface area contributed by atoms with Crippen molar-refractivity contribution in [1.82, 2.24) is 9.97 Å². The lowest BCUT2D eigenvalue weighted by atomic mass is 10.2. The van der Waals surface area contributed by atoms with E-state index in [4.69, 9.17) is 4.42 Å². The summed E-state index contributed by atoms with van der Waals surface area (Å²) in [5.41, 5.74) is 0.882. The predicted octanol–water partition coefficient (Wildman–Crippen LogP) is 3.43. The minimum absolute atomic E-state index is 0. The van der Waals surface area contributed by atoms with Gasteiger partial charge in [0.15, 0.2) is 0 Å². The van der Waals surface area contributed by atoms with Crippen LogP contribution in [0.3, 0.4) is 0 Å². The van der Waals surface area contributed by atoms with E-state index in [9.17, 15) is 4.79 Å². The fraction of sp³-hybridized carbons (Fsp3) is 0. The topological polar surface area (TPSA) is 56.0 Å². The molecule has 3 rings (SSSR count). The summed E-state index contributed by atoms with van der Waals surface area (Å²) in [6.45, 7) is 0. The first-order valence-electron chi connectivity index (χ1n) is 5.25. The molecule has 3 aromatic rings. The number of fused-ring (bicyclic) bond motifs is 1. The number of benzene rings is 1. The Morgan fingerprint density at radius 3 is 2.79 bits per heavy atom. The zero-order chi connectivity index (χ0) is 12.5. The molecule has 0 aliphatic heterocycles. The quantitative estimate of drug-likeness (QED) is 0.681. The van der Waals surface area contributed by atoms with Crippen molar-refractivity contribution in [3.63, 3.8) is 0 Å².